The minimum Gasteiger partial charge on any atom is -0.507 e. The fraction of sp³-hybridized carbons (Fsp3) is 0.227. The highest BCUT2D eigenvalue weighted by Gasteiger charge is 2.28. The van der Waals surface area contributed by atoms with Crippen LogP contribution in [0.1, 0.15) is 35.2 Å². The van der Waals surface area contributed by atoms with E-state index < -0.39 is 11.1 Å². The summed E-state index contributed by atoms with van der Waals surface area (Å²) in [5, 5.41) is 12.3. The topological polar surface area (TPSA) is 95.9 Å². The molecule has 0 unspecified atom stereocenters. The molecule has 1 saturated heterocycles. The summed E-state index contributed by atoms with van der Waals surface area (Å²) in [6.07, 6.45) is 4.48. The van der Waals surface area contributed by atoms with E-state index in [0.29, 0.717) is 5.56 Å². The molecule has 0 radical (unpaired) electrons. The van der Waals surface area contributed by atoms with Crippen molar-refractivity contribution in [1.82, 2.24) is 10.2 Å². The van der Waals surface area contributed by atoms with Crippen LogP contribution in [0.3, 0.4) is 0 Å². The molecule has 0 bridgehead atoms. The molecule has 2 fully saturated rings. The molecule has 2 aromatic rings. The van der Waals surface area contributed by atoms with Gasteiger partial charge in [-0.05, 0) is 73.0 Å². The standard InChI is InChI=1S/C22H18Cl2N2O5S/c1-26(12-3-2-4-12)21(29)14-10-13(5-6-17(14)27)31-19-15(23)7-11(8-16(19)24)9-18-20(28)25-22(30)32-18/h5-10,12,27H,2-4H2,1H3,(H,25,28,30). The molecule has 0 atom stereocenters. The lowest BCUT2D eigenvalue weighted by Crippen LogP contribution is -2.41. The Bertz CT molecular complexity index is 1140. The van der Waals surface area contributed by atoms with E-state index in [2.05, 4.69) is 5.32 Å². The number of imide groups is 1. The van der Waals surface area contributed by atoms with Crippen molar-refractivity contribution in [3.63, 3.8) is 0 Å². The maximum absolute atomic E-state index is 12.8. The molecule has 1 saturated carbocycles. The number of rotatable bonds is 5. The summed E-state index contributed by atoms with van der Waals surface area (Å²) in [6.45, 7) is 0. The number of phenols is 1. The molecular formula is C22H18Cl2N2O5S. The average molecular weight is 493 g/mol. The number of hydrogen-bond acceptors (Lipinski definition) is 6. The molecule has 32 heavy (non-hydrogen) atoms. The SMILES string of the molecule is CN(C(=O)c1cc(Oc2c(Cl)cc(C=C3SC(=O)NC3=O)cc2Cl)ccc1O)C1CCC1. The number of carbonyl (C=O) groups is 3. The number of thioether (sulfide) groups is 1. The molecule has 2 aromatic carbocycles. The number of amides is 3. The van der Waals surface area contributed by atoms with E-state index in [4.69, 9.17) is 27.9 Å². The van der Waals surface area contributed by atoms with Crippen molar-refractivity contribution < 1.29 is 24.2 Å². The number of benzene rings is 2. The zero-order chi connectivity index (χ0) is 23.0. The molecule has 3 amide bonds. The van der Waals surface area contributed by atoms with Crippen molar-refractivity contribution >= 4 is 58.1 Å². The molecule has 2 aliphatic rings. The van der Waals surface area contributed by atoms with Gasteiger partial charge >= 0.3 is 0 Å². The number of aromatic hydroxyl groups is 1. The monoisotopic (exact) mass is 492 g/mol. The molecule has 1 aliphatic heterocycles. The van der Waals surface area contributed by atoms with Crippen LogP contribution in [0, 0.1) is 0 Å². The molecule has 0 spiro atoms. The smallest absolute Gasteiger partial charge is 0.290 e. The van der Waals surface area contributed by atoms with Crippen LogP contribution in [0.15, 0.2) is 35.2 Å². The normalized spacial score (nSPS) is 17.3. The van der Waals surface area contributed by atoms with Gasteiger partial charge in [-0.3, -0.25) is 19.7 Å². The first kappa shape index (κ1) is 22.5. The molecule has 4 rings (SSSR count). The maximum Gasteiger partial charge on any atom is 0.290 e. The highest BCUT2D eigenvalue weighted by atomic mass is 35.5. The Kier molecular flexibility index (Phi) is 6.37. The highest BCUT2D eigenvalue weighted by Crippen LogP contribution is 2.39. The average Bonchev–Trinajstić information content (AvgIpc) is 3.00. The number of hydrogen-bond donors (Lipinski definition) is 2. The number of halogens is 2. The second-order valence-corrected chi connectivity index (χ2v) is 9.28. The van der Waals surface area contributed by atoms with E-state index in [-0.39, 0.29) is 49.7 Å². The van der Waals surface area contributed by atoms with Gasteiger partial charge in [0, 0.05) is 13.1 Å². The summed E-state index contributed by atoms with van der Waals surface area (Å²) >= 11 is 13.5. The van der Waals surface area contributed by atoms with Gasteiger partial charge in [0.05, 0.1) is 20.5 Å². The lowest BCUT2D eigenvalue weighted by Gasteiger charge is -2.34. The third-order valence-electron chi connectivity index (χ3n) is 5.32. The predicted molar refractivity (Wildman–Crippen MR) is 123 cm³/mol. The first-order valence-electron chi connectivity index (χ1n) is 9.75. The summed E-state index contributed by atoms with van der Waals surface area (Å²) in [4.78, 5) is 37.7. The molecular weight excluding hydrogens is 475 g/mol. The minimum absolute atomic E-state index is 0.124. The van der Waals surface area contributed by atoms with Gasteiger partial charge in [0.2, 0.25) is 0 Å². The number of phenolic OH excluding ortho intramolecular Hbond substituents is 1. The molecule has 1 aliphatic carbocycles. The highest BCUT2D eigenvalue weighted by molar-refractivity contribution is 8.18. The Labute approximate surface area is 198 Å². The van der Waals surface area contributed by atoms with E-state index in [1.54, 1.807) is 24.1 Å². The van der Waals surface area contributed by atoms with Crippen molar-refractivity contribution in [1.29, 1.82) is 0 Å². The fourth-order valence-electron chi connectivity index (χ4n) is 3.33. The van der Waals surface area contributed by atoms with Gasteiger partial charge in [-0.1, -0.05) is 23.2 Å². The summed E-state index contributed by atoms with van der Waals surface area (Å²) in [6, 6.07) is 7.59. The van der Waals surface area contributed by atoms with Crippen LogP contribution < -0.4 is 10.1 Å². The fourth-order valence-corrected chi connectivity index (χ4v) is 4.59. The van der Waals surface area contributed by atoms with Crippen LogP contribution in [0.2, 0.25) is 10.0 Å². The van der Waals surface area contributed by atoms with E-state index in [9.17, 15) is 19.5 Å². The van der Waals surface area contributed by atoms with E-state index in [0.717, 1.165) is 31.0 Å². The first-order chi connectivity index (χ1) is 15.2. The van der Waals surface area contributed by atoms with Crippen molar-refractivity contribution in [3.8, 4) is 17.2 Å². The molecule has 10 heteroatoms. The second kappa shape index (κ2) is 9.05. The van der Waals surface area contributed by atoms with Gasteiger partial charge in [-0.2, -0.15) is 0 Å². The summed E-state index contributed by atoms with van der Waals surface area (Å²) < 4.78 is 5.82. The Morgan fingerprint density at radius 3 is 2.47 bits per heavy atom. The van der Waals surface area contributed by atoms with Crippen molar-refractivity contribution in [2.75, 3.05) is 7.05 Å². The van der Waals surface area contributed by atoms with Gasteiger partial charge in [0.1, 0.15) is 11.5 Å². The number of carbonyl (C=O) groups excluding carboxylic acids is 3. The zero-order valence-electron chi connectivity index (χ0n) is 16.9. The third kappa shape index (κ3) is 4.57. The van der Waals surface area contributed by atoms with E-state index in [1.807, 2.05) is 0 Å². The quantitative estimate of drug-likeness (QED) is 0.539. The Balaban J connectivity index is 1.58. The van der Waals surface area contributed by atoms with Crippen LogP contribution in [0.25, 0.3) is 6.08 Å². The van der Waals surface area contributed by atoms with Crippen LogP contribution in [-0.4, -0.2) is 40.1 Å². The summed E-state index contributed by atoms with van der Waals surface area (Å²) in [5.74, 6) is -0.486. The third-order valence-corrected chi connectivity index (χ3v) is 6.69. The number of ether oxygens (including phenoxy) is 1. The van der Waals surface area contributed by atoms with E-state index in [1.165, 1.54) is 24.3 Å². The van der Waals surface area contributed by atoms with Crippen molar-refractivity contribution in [3.05, 3.63) is 56.4 Å². The molecule has 7 nitrogen and oxygen atoms in total. The number of nitrogens with one attached hydrogen (secondary N) is 1. The largest absolute Gasteiger partial charge is 0.507 e. The van der Waals surface area contributed by atoms with Crippen LogP contribution in [-0.2, 0) is 4.79 Å². The van der Waals surface area contributed by atoms with Gasteiger partial charge in [-0.15, -0.1) is 0 Å². The van der Waals surface area contributed by atoms with Crippen LogP contribution in [0.5, 0.6) is 17.2 Å². The van der Waals surface area contributed by atoms with Gasteiger partial charge < -0.3 is 14.7 Å². The minimum atomic E-state index is -0.485. The van der Waals surface area contributed by atoms with Crippen LogP contribution in [0.4, 0.5) is 4.79 Å². The predicted octanol–water partition coefficient (Wildman–Crippen LogP) is 5.44. The summed E-state index contributed by atoms with van der Waals surface area (Å²) in [7, 11) is 1.72. The van der Waals surface area contributed by atoms with Gasteiger partial charge in [0.15, 0.2) is 5.75 Å². The lowest BCUT2D eigenvalue weighted by atomic mass is 9.91. The van der Waals surface area contributed by atoms with Crippen molar-refractivity contribution in [2.45, 2.75) is 25.3 Å². The summed E-state index contributed by atoms with van der Waals surface area (Å²) in [5.41, 5.74) is 0.642. The molecule has 0 aromatic heterocycles. The Hall–Kier alpha value is -2.68. The van der Waals surface area contributed by atoms with Crippen molar-refractivity contribution in [2.24, 2.45) is 0 Å². The van der Waals surface area contributed by atoms with Gasteiger partial charge in [0.25, 0.3) is 17.1 Å². The maximum atomic E-state index is 12.8. The zero-order valence-corrected chi connectivity index (χ0v) is 19.2. The number of nitrogens with zero attached hydrogens (tertiary/aromatic N) is 1. The molecule has 2 N–H and O–H groups in total. The van der Waals surface area contributed by atoms with Gasteiger partial charge in [-0.25, -0.2) is 0 Å². The Morgan fingerprint density at radius 2 is 1.91 bits per heavy atom. The first-order valence-corrected chi connectivity index (χ1v) is 11.3. The second-order valence-electron chi connectivity index (χ2n) is 7.45. The molecule has 166 valence electrons. The lowest BCUT2D eigenvalue weighted by molar-refractivity contribution is -0.115. The molecule has 1 heterocycles. The Morgan fingerprint density at radius 1 is 1.22 bits per heavy atom. The van der Waals surface area contributed by atoms with Crippen LogP contribution >= 0.6 is 35.0 Å². The van der Waals surface area contributed by atoms with E-state index >= 15 is 0 Å².